The lowest BCUT2D eigenvalue weighted by Gasteiger charge is -2.33. The molecule has 0 N–H and O–H groups in total. The van der Waals surface area contributed by atoms with Crippen LogP contribution in [0.2, 0.25) is 0 Å². The lowest BCUT2D eigenvalue weighted by Crippen LogP contribution is -2.50. The number of amides is 1. The molecular weight excluding hydrogens is 354 g/mol. The first-order valence-corrected chi connectivity index (χ1v) is 10.7. The third kappa shape index (κ3) is 3.47. The number of thiophene rings is 1. The van der Waals surface area contributed by atoms with Gasteiger partial charge in [0.15, 0.2) is 0 Å². The van der Waals surface area contributed by atoms with Crippen LogP contribution in [0, 0.1) is 6.92 Å². The highest BCUT2D eigenvalue weighted by Crippen LogP contribution is 2.30. The van der Waals surface area contributed by atoms with Crippen LogP contribution in [-0.4, -0.2) is 60.9 Å². The fourth-order valence-corrected chi connectivity index (χ4v) is 5.04. The van der Waals surface area contributed by atoms with Gasteiger partial charge in [-0.15, -0.1) is 11.3 Å². The van der Waals surface area contributed by atoms with Crippen molar-refractivity contribution in [1.82, 2.24) is 14.2 Å². The summed E-state index contributed by atoms with van der Waals surface area (Å²) in [4.78, 5) is 19.5. The Morgan fingerprint density at radius 3 is 2.52 bits per heavy atom. The summed E-state index contributed by atoms with van der Waals surface area (Å²) < 4.78 is 24.5. The normalized spacial score (nSPS) is 16.7. The van der Waals surface area contributed by atoms with Gasteiger partial charge in [0, 0.05) is 37.1 Å². The molecule has 1 saturated heterocycles. The maximum Gasteiger partial charge on any atom is 0.265 e. The van der Waals surface area contributed by atoms with E-state index in [1.807, 2.05) is 23.8 Å². The Morgan fingerprint density at radius 1 is 1.26 bits per heavy atom. The summed E-state index contributed by atoms with van der Waals surface area (Å²) in [5.41, 5.74) is 1.76. The van der Waals surface area contributed by atoms with Crippen molar-refractivity contribution in [3.63, 3.8) is 0 Å². The largest absolute Gasteiger partial charge is 0.335 e. The molecule has 6 nitrogen and oxygen atoms in total. The lowest BCUT2D eigenvalue weighted by atomic mass is 10.3. The topological polar surface area (TPSA) is 70.6 Å². The molecule has 0 bridgehead atoms. The third-order valence-electron chi connectivity index (χ3n) is 3.75. The SMILES string of the molecule is Cc1nc(-c2ccsc2)sc1C(=O)N1CCN(S(C)(=O)=O)CC1. The van der Waals surface area contributed by atoms with Gasteiger partial charge in [0.25, 0.3) is 5.91 Å². The minimum absolute atomic E-state index is 0.0605. The minimum Gasteiger partial charge on any atom is -0.335 e. The molecule has 23 heavy (non-hydrogen) atoms. The van der Waals surface area contributed by atoms with Crippen molar-refractivity contribution in [3.05, 3.63) is 27.4 Å². The number of aryl methyl sites for hydroxylation is 1. The number of thiazole rings is 1. The molecule has 0 radical (unpaired) electrons. The number of sulfonamides is 1. The average molecular weight is 372 g/mol. The standard InChI is InChI=1S/C14H17N3O3S3/c1-10-12(22-13(15-10)11-3-8-21-9-11)14(18)16-4-6-17(7-5-16)23(2,19)20/h3,8-9H,4-7H2,1-2H3. The average Bonchev–Trinajstić information content (AvgIpc) is 3.15. The van der Waals surface area contributed by atoms with Crippen molar-refractivity contribution in [2.24, 2.45) is 0 Å². The van der Waals surface area contributed by atoms with Gasteiger partial charge in [-0.1, -0.05) is 0 Å². The van der Waals surface area contributed by atoms with Gasteiger partial charge in [0.1, 0.15) is 9.88 Å². The van der Waals surface area contributed by atoms with E-state index in [1.165, 1.54) is 21.9 Å². The second kappa shape index (κ2) is 6.31. The third-order valence-corrected chi connectivity index (χ3v) is 6.93. The number of piperazine rings is 1. The summed E-state index contributed by atoms with van der Waals surface area (Å²) in [6.07, 6.45) is 1.20. The summed E-state index contributed by atoms with van der Waals surface area (Å²) in [6, 6.07) is 1.99. The van der Waals surface area contributed by atoms with E-state index in [0.717, 1.165) is 16.3 Å². The predicted octanol–water partition coefficient (Wildman–Crippen LogP) is 1.90. The fourth-order valence-electron chi connectivity index (χ4n) is 2.47. The van der Waals surface area contributed by atoms with Gasteiger partial charge in [-0.3, -0.25) is 4.79 Å². The van der Waals surface area contributed by atoms with E-state index >= 15 is 0 Å². The molecule has 2 aromatic rings. The smallest absolute Gasteiger partial charge is 0.265 e. The Balaban J connectivity index is 1.75. The summed E-state index contributed by atoms with van der Waals surface area (Å²) in [5, 5.41) is 4.84. The number of carbonyl (C=O) groups is 1. The van der Waals surface area contributed by atoms with Crippen LogP contribution in [0.1, 0.15) is 15.4 Å². The Hall–Kier alpha value is -1.29. The highest BCUT2D eigenvalue weighted by atomic mass is 32.2. The molecule has 3 heterocycles. The van der Waals surface area contributed by atoms with Crippen LogP contribution in [0.3, 0.4) is 0 Å². The van der Waals surface area contributed by atoms with E-state index in [1.54, 1.807) is 16.2 Å². The van der Waals surface area contributed by atoms with E-state index in [0.29, 0.717) is 31.1 Å². The molecule has 1 aliphatic heterocycles. The van der Waals surface area contributed by atoms with Crippen LogP contribution in [0.15, 0.2) is 16.8 Å². The van der Waals surface area contributed by atoms with Gasteiger partial charge >= 0.3 is 0 Å². The van der Waals surface area contributed by atoms with Gasteiger partial charge in [-0.25, -0.2) is 13.4 Å². The zero-order chi connectivity index (χ0) is 16.6. The van der Waals surface area contributed by atoms with Gasteiger partial charge in [-0.05, 0) is 18.4 Å². The Kier molecular flexibility index (Phi) is 4.54. The zero-order valence-corrected chi connectivity index (χ0v) is 15.3. The van der Waals surface area contributed by atoms with Crippen LogP contribution >= 0.6 is 22.7 Å². The summed E-state index contributed by atoms with van der Waals surface area (Å²) in [6.45, 7) is 3.36. The van der Waals surface area contributed by atoms with Crippen LogP contribution in [0.25, 0.3) is 10.6 Å². The van der Waals surface area contributed by atoms with Crippen molar-refractivity contribution in [3.8, 4) is 10.6 Å². The lowest BCUT2D eigenvalue weighted by molar-refractivity contribution is 0.0702. The Labute approximate surface area is 143 Å². The molecule has 0 spiro atoms. The molecule has 0 unspecified atom stereocenters. The number of carbonyl (C=O) groups excluding carboxylic acids is 1. The van der Waals surface area contributed by atoms with E-state index < -0.39 is 10.0 Å². The van der Waals surface area contributed by atoms with Crippen molar-refractivity contribution < 1.29 is 13.2 Å². The monoisotopic (exact) mass is 371 g/mol. The van der Waals surface area contributed by atoms with E-state index in [4.69, 9.17) is 0 Å². The zero-order valence-electron chi connectivity index (χ0n) is 12.9. The molecule has 1 amide bonds. The highest BCUT2D eigenvalue weighted by molar-refractivity contribution is 7.88. The molecule has 124 valence electrons. The second-order valence-corrected chi connectivity index (χ2v) is 9.16. The first-order chi connectivity index (χ1) is 10.9. The molecule has 0 saturated carbocycles. The first kappa shape index (κ1) is 16.6. The van der Waals surface area contributed by atoms with E-state index in [-0.39, 0.29) is 5.91 Å². The molecule has 1 aliphatic rings. The van der Waals surface area contributed by atoms with Crippen LogP contribution < -0.4 is 0 Å². The number of hydrogen-bond acceptors (Lipinski definition) is 6. The van der Waals surface area contributed by atoms with Crippen molar-refractivity contribution in [1.29, 1.82) is 0 Å². The maximum absolute atomic E-state index is 12.7. The molecule has 9 heteroatoms. The van der Waals surface area contributed by atoms with E-state index in [2.05, 4.69) is 4.98 Å². The van der Waals surface area contributed by atoms with Crippen LogP contribution in [0.4, 0.5) is 0 Å². The van der Waals surface area contributed by atoms with Crippen molar-refractivity contribution in [2.45, 2.75) is 6.92 Å². The molecule has 3 rings (SSSR count). The molecule has 0 aliphatic carbocycles. The summed E-state index contributed by atoms with van der Waals surface area (Å²) >= 11 is 3.00. The number of aromatic nitrogens is 1. The van der Waals surface area contributed by atoms with Gasteiger partial charge in [0.2, 0.25) is 10.0 Å². The first-order valence-electron chi connectivity index (χ1n) is 7.10. The fraction of sp³-hybridized carbons (Fsp3) is 0.429. The van der Waals surface area contributed by atoms with Gasteiger partial charge < -0.3 is 4.90 Å². The Morgan fingerprint density at radius 2 is 1.96 bits per heavy atom. The predicted molar refractivity (Wildman–Crippen MR) is 92.5 cm³/mol. The quantitative estimate of drug-likeness (QED) is 0.826. The summed E-state index contributed by atoms with van der Waals surface area (Å²) in [5.74, 6) is -0.0605. The minimum atomic E-state index is -3.19. The van der Waals surface area contributed by atoms with Crippen LogP contribution in [-0.2, 0) is 10.0 Å². The maximum atomic E-state index is 12.7. The van der Waals surface area contributed by atoms with Crippen molar-refractivity contribution in [2.75, 3.05) is 32.4 Å². The number of nitrogens with zero attached hydrogens (tertiary/aromatic N) is 3. The van der Waals surface area contributed by atoms with Gasteiger partial charge in [0.05, 0.1) is 11.9 Å². The molecule has 0 aromatic carbocycles. The molecular formula is C14H17N3O3S3. The van der Waals surface area contributed by atoms with Gasteiger partial charge in [-0.2, -0.15) is 15.6 Å². The molecule has 0 atom stereocenters. The van der Waals surface area contributed by atoms with Crippen molar-refractivity contribution >= 4 is 38.6 Å². The number of hydrogen-bond donors (Lipinski definition) is 0. The van der Waals surface area contributed by atoms with Crippen LogP contribution in [0.5, 0.6) is 0 Å². The Bertz CT molecular complexity index is 804. The number of rotatable bonds is 3. The summed E-state index contributed by atoms with van der Waals surface area (Å²) in [7, 11) is -3.19. The molecule has 2 aromatic heterocycles. The molecule has 1 fully saturated rings. The second-order valence-electron chi connectivity index (χ2n) is 5.40. The van der Waals surface area contributed by atoms with E-state index in [9.17, 15) is 13.2 Å². The highest BCUT2D eigenvalue weighted by Gasteiger charge is 2.28.